The number of halogens is 1. The fraction of sp³-hybridized carbons (Fsp3) is 0.286. The summed E-state index contributed by atoms with van der Waals surface area (Å²) in [5, 5.41) is 1.59. The van der Waals surface area contributed by atoms with E-state index in [-0.39, 0.29) is 11.9 Å². The maximum atomic E-state index is 13.7. The molecule has 1 unspecified atom stereocenters. The van der Waals surface area contributed by atoms with Crippen molar-refractivity contribution < 1.29 is 4.39 Å². The summed E-state index contributed by atoms with van der Waals surface area (Å²) in [5.41, 5.74) is 3.87. The lowest BCUT2D eigenvalue weighted by Gasteiger charge is -2.17. The molecule has 0 aromatic heterocycles. The molecule has 0 aliphatic heterocycles. The van der Waals surface area contributed by atoms with Crippen LogP contribution in [-0.2, 0) is 0 Å². The Bertz CT molecular complexity index is 511. The molecule has 3 heteroatoms. The molecule has 0 heterocycles. The van der Waals surface area contributed by atoms with Crippen LogP contribution < -0.4 is 11.3 Å². The van der Waals surface area contributed by atoms with Gasteiger partial charge in [-0.1, -0.05) is 43.7 Å². The van der Waals surface area contributed by atoms with Crippen LogP contribution in [0.1, 0.15) is 31.4 Å². The fourth-order valence-electron chi connectivity index (χ4n) is 2.21. The largest absolute Gasteiger partial charge is 0.271 e. The van der Waals surface area contributed by atoms with Gasteiger partial charge in [0.15, 0.2) is 0 Å². The van der Waals surface area contributed by atoms with Crippen LogP contribution in [0.2, 0.25) is 0 Å². The molecule has 2 nitrogen and oxygen atoms in total. The zero-order valence-electron chi connectivity index (χ0n) is 9.91. The van der Waals surface area contributed by atoms with Crippen LogP contribution in [0, 0.1) is 5.82 Å². The number of benzene rings is 2. The van der Waals surface area contributed by atoms with E-state index < -0.39 is 0 Å². The molecular weight excluding hydrogens is 215 g/mol. The van der Waals surface area contributed by atoms with Crippen LogP contribution in [0.15, 0.2) is 36.4 Å². The molecule has 0 saturated heterocycles. The predicted octanol–water partition coefficient (Wildman–Crippen LogP) is 3.28. The van der Waals surface area contributed by atoms with E-state index in [1.54, 1.807) is 6.07 Å². The lowest BCUT2D eigenvalue weighted by molar-refractivity contribution is 0.512. The van der Waals surface area contributed by atoms with E-state index in [0.29, 0.717) is 5.39 Å². The average Bonchev–Trinajstić information content (AvgIpc) is 2.37. The SMILES string of the molecule is CCCC(NN)c1ccc(F)c2ccccc12. The van der Waals surface area contributed by atoms with E-state index in [1.807, 2.05) is 24.3 Å². The van der Waals surface area contributed by atoms with Gasteiger partial charge < -0.3 is 0 Å². The number of nitrogens with one attached hydrogen (secondary N) is 1. The fourth-order valence-corrected chi connectivity index (χ4v) is 2.21. The minimum Gasteiger partial charge on any atom is -0.271 e. The lowest BCUT2D eigenvalue weighted by Crippen LogP contribution is -2.28. The monoisotopic (exact) mass is 232 g/mol. The van der Waals surface area contributed by atoms with Crippen molar-refractivity contribution in [3.8, 4) is 0 Å². The zero-order valence-corrected chi connectivity index (χ0v) is 9.91. The molecule has 2 rings (SSSR count). The van der Waals surface area contributed by atoms with E-state index in [4.69, 9.17) is 5.84 Å². The maximum absolute atomic E-state index is 13.7. The van der Waals surface area contributed by atoms with Crippen molar-refractivity contribution in [3.63, 3.8) is 0 Å². The van der Waals surface area contributed by atoms with Crippen molar-refractivity contribution in [2.45, 2.75) is 25.8 Å². The molecule has 0 fully saturated rings. The molecule has 90 valence electrons. The van der Waals surface area contributed by atoms with Gasteiger partial charge in [0.25, 0.3) is 0 Å². The van der Waals surface area contributed by atoms with Gasteiger partial charge in [-0.25, -0.2) is 4.39 Å². The molecule has 0 amide bonds. The summed E-state index contributed by atoms with van der Waals surface area (Å²) in [6, 6.07) is 10.9. The van der Waals surface area contributed by atoms with Crippen molar-refractivity contribution in [1.82, 2.24) is 5.43 Å². The number of rotatable bonds is 4. The third-order valence-electron chi connectivity index (χ3n) is 3.06. The van der Waals surface area contributed by atoms with Crippen molar-refractivity contribution in [3.05, 3.63) is 47.8 Å². The van der Waals surface area contributed by atoms with Crippen LogP contribution in [0.5, 0.6) is 0 Å². The Morgan fingerprint density at radius 1 is 1.18 bits per heavy atom. The molecule has 0 bridgehead atoms. The first-order chi connectivity index (χ1) is 8.27. The van der Waals surface area contributed by atoms with Crippen LogP contribution >= 0.6 is 0 Å². The van der Waals surface area contributed by atoms with Gasteiger partial charge in [0.1, 0.15) is 5.82 Å². The molecule has 2 aromatic carbocycles. The second-order valence-corrected chi connectivity index (χ2v) is 4.19. The van der Waals surface area contributed by atoms with Crippen molar-refractivity contribution >= 4 is 10.8 Å². The summed E-state index contributed by atoms with van der Waals surface area (Å²) in [7, 11) is 0. The molecular formula is C14H17FN2. The summed E-state index contributed by atoms with van der Waals surface area (Å²) < 4.78 is 13.7. The zero-order chi connectivity index (χ0) is 12.3. The molecule has 3 N–H and O–H groups in total. The minimum absolute atomic E-state index is 0.0745. The number of fused-ring (bicyclic) bond motifs is 1. The highest BCUT2D eigenvalue weighted by Crippen LogP contribution is 2.28. The van der Waals surface area contributed by atoms with Crippen LogP contribution in [0.25, 0.3) is 10.8 Å². The maximum Gasteiger partial charge on any atom is 0.131 e. The van der Waals surface area contributed by atoms with Crippen LogP contribution in [0.4, 0.5) is 4.39 Å². The molecule has 1 atom stereocenters. The first-order valence-electron chi connectivity index (χ1n) is 5.91. The normalized spacial score (nSPS) is 12.9. The van der Waals surface area contributed by atoms with Gasteiger partial charge in [-0.3, -0.25) is 11.3 Å². The first-order valence-corrected chi connectivity index (χ1v) is 5.91. The Balaban J connectivity index is 2.57. The minimum atomic E-state index is -0.184. The van der Waals surface area contributed by atoms with E-state index in [0.717, 1.165) is 23.8 Å². The number of nitrogens with two attached hydrogens (primary N) is 1. The average molecular weight is 232 g/mol. The quantitative estimate of drug-likeness (QED) is 0.627. The van der Waals surface area contributed by atoms with Gasteiger partial charge in [0.2, 0.25) is 0 Å². The summed E-state index contributed by atoms with van der Waals surface area (Å²) in [6.45, 7) is 2.11. The van der Waals surface area contributed by atoms with Gasteiger partial charge in [-0.2, -0.15) is 0 Å². The van der Waals surface area contributed by atoms with Crippen molar-refractivity contribution in [2.24, 2.45) is 5.84 Å². The van der Waals surface area contributed by atoms with Gasteiger partial charge in [0, 0.05) is 11.4 Å². The Hall–Kier alpha value is -1.45. The van der Waals surface area contributed by atoms with Crippen LogP contribution in [0.3, 0.4) is 0 Å². The van der Waals surface area contributed by atoms with Gasteiger partial charge in [0.05, 0.1) is 0 Å². The predicted molar refractivity (Wildman–Crippen MR) is 68.9 cm³/mol. The Morgan fingerprint density at radius 3 is 2.53 bits per heavy atom. The van der Waals surface area contributed by atoms with Gasteiger partial charge in [-0.15, -0.1) is 0 Å². The van der Waals surface area contributed by atoms with Crippen LogP contribution in [-0.4, -0.2) is 0 Å². The Labute approximate surface area is 101 Å². The third-order valence-corrected chi connectivity index (χ3v) is 3.06. The Kier molecular flexibility index (Phi) is 3.71. The van der Waals surface area contributed by atoms with E-state index >= 15 is 0 Å². The van der Waals surface area contributed by atoms with Crippen molar-refractivity contribution in [2.75, 3.05) is 0 Å². The molecule has 0 saturated carbocycles. The highest BCUT2D eigenvalue weighted by atomic mass is 19.1. The van der Waals surface area contributed by atoms with E-state index in [2.05, 4.69) is 12.3 Å². The second kappa shape index (κ2) is 5.25. The molecule has 0 aliphatic carbocycles. The van der Waals surface area contributed by atoms with Gasteiger partial charge in [-0.05, 0) is 23.4 Å². The highest BCUT2D eigenvalue weighted by Gasteiger charge is 2.13. The molecule has 0 spiro atoms. The second-order valence-electron chi connectivity index (χ2n) is 4.19. The van der Waals surface area contributed by atoms with Crippen molar-refractivity contribution in [1.29, 1.82) is 0 Å². The van der Waals surface area contributed by atoms with E-state index in [1.165, 1.54) is 6.07 Å². The number of hydrogen-bond acceptors (Lipinski definition) is 2. The number of hydrogen-bond donors (Lipinski definition) is 2. The smallest absolute Gasteiger partial charge is 0.131 e. The first kappa shape index (κ1) is 12.0. The molecule has 17 heavy (non-hydrogen) atoms. The standard InChI is InChI=1S/C14H17FN2/c1-2-5-14(17-16)12-8-9-13(15)11-7-4-3-6-10(11)12/h3-4,6-9,14,17H,2,5,16H2,1H3. The van der Waals surface area contributed by atoms with E-state index in [9.17, 15) is 4.39 Å². The topological polar surface area (TPSA) is 38.0 Å². The molecule has 0 radical (unpaired) electrons. The Morgan fingerprint density at radius 2 is 1.88 bits per heavy atom. The molecule has 2 aromatic rings. The third kappa shape index (κ3) is 2.30. The lowest BCUT2D eigenvalue weighted by atomic mass is 9.96. The summed E-state index contributed by atoms with van der Waals surface area (Å²) in [4.78, 5) is 0. The molecule has 0 aliphatic rings. The summed E-state index contributed by atoms with van der Waals surface area (Å²) in [5.74, 6) is 5.39. The summed E-state index contributed by atoms with van der Waals surface area (Å²) in [6.07, 6.45) is 1.96. The van der Waals surface area contributed by atoms with Gasteiger partial charge >= 0.3 is 0 Å². The highest BCUT2D eigenvalue weighted by molar-refractivity contribution is 5.86. The summed E-state index contributed by atoms with van der Waals surface area (Å²) >= 11 is 0. The number of hydrazine groups is 1.